The highest BCUT2D eigenvalue weighted by atomic mass is 79.9. The molecule has 0 spiro atoms. The number of ether oxygens (including phenoxy) is 2. The lowest BCUT2D eigenvalue weighted by molar-refractivity contribution is 0.0994. The minimum absolute atomic E-state index is 0.0350. The molecule has 0 bridgehead atoms. The van der Waals surface area contributed by atoms with E-state index in [4.69, 9.17) is 15.2 Å². The predicted octanol–water partition coefficient (Wildman–Crippen LogP) is 3.47. The van der Waals surface area contributed by atoms with E-state index in [1.165, 1.54) is 0 Å². The summed E-state index contributed by atoms with van der Waals surface area (Å²) < 4.78 is 11.1. The van der Waals surface area contributed by atoms with Gasteiger partial charge in [-0.05, 0) is 45.8 Å². The highest BCUT2D eigenvalue weighted by Crippen LogP contribution is 2.27. The summed E-state index contributed by atoms with van der Waals surface area (Å²) in [6.07, 6.45) is 0.277. The molecule has 0 aromatic heterocycles. The van der Waals surface area contributed by atoms with Crippen molar-refractivity contribution in [3.8, 4) is 11.5 Å². The lowest BCUT2D eigenvalue weighted by Gasteiger charge is -2.08. The third-order valence-corrected chi connectivity index (χ3v) is 3.76. The van der Waals surface area contributed by atoms with E-state index in [1.54, 1.807) is 32.4 Å². The molecule has 0 unspecified atom stereocenters. The zero-order valence-corrected chi connectivity index (χ0v) is 13.4. The number of halogens is 1. The van der Waals surface area contributed by atoms with Crippen LogP contribution in [0.15, 0.2) is 40.9 Å². The second-order valence-corrected chi connectivity index (χ2v) is 5.38. The van der Waals surface area contributed by atoms with Crippen molar-refractivity contribution < 1.29 is 14.3 Å². The van der Waals surface area contributed by atoms with E-state index in [9.17, 15) is 4.79 Å². The van der Waals surface area contributed by atoms with Crippen LogP contribution in [0.25, 0.3) is 0 Å². The maximum absolute atomic E-state index is 12.3. The number of carbonyl (C=O) groups excluding carboxylic acids is 1. The molecule has 0 atom stereocenters. The van der Waals surface area contributed by atoms with Gasteiger partial charge >= 0.3 is 0 Å². The summed E-state index contributed by atoms with van der Waals surface area (Å²) >= 11 is 3.41. The van der Waals surface area contributed by atoms with Gasteiger partial charge in [0.05, 0.1) is 18.7 Å². The molecular formula is C16H16BrNO3. The van der Waals surface area contributed by atoms with Crippen LogP contribution in [0.5, 0.6) is 11.5 Å². The lowest BCUT2D eigenvalue weighted by atomic mass is 10.0. The largest absolute Gasteiger partial charge is 0.497 e. The van der Waals surface area contributed by atoms with Crippen molar-refractivity contribution in [3.63, 3.8) is 0 Å². The first-order chi connectivity index (χ1) is 10.0. The molecule has 0 amide bonds. The van der Waals surface area contributed by atoms with E-state index < -0.39 is 0 Å². The molecule has 0 radical (unpaired) electrons. The van der Waals surface area contributed by atoms with Crippen LogP contribution in [-0.2, 0) is 6.42 Å². The monoisotopic (exact) mass is 349 g/mol. The maximum Gasteiger partial charge on any atom is 0.169 e. The molecule has 0 saturated carbocycles. The summed E-state index contributed by atoms with van der Waals surface area (Å²) in [5.41, 5.74) is 7.71. The van der Waals surface area contributed by atoms with E-state index in [-0.39, 0.29) is 12.2 Å². The van der Waals surface area contributed by atoms with Crippen molar-refractivity contribution in [2.75, 3.05) is 20.0 Å². The molecule has 0 aliphatic carbocycles. The average Bonchev–Trinajstić information content (AvgIpc) is 2.47. The second-order valence-electron chi connectivity index (χ2n) is 4.52. The number of benzene rings is 2. The lowest BCUT2D eigenvalue weighted by Crippen LogP contribution is -2.07. The van der Waals surface area contributed by atoms with Crippen molar-refractivity contribution in [3.05, 3.63) is 52.0 Å². The number of rotatable bonds is 5. The van der Waals surface area contributed by atoms with Crippen LogP contribution in [0.2, 0.25) is 0 Å². The molecule has 2 N–H and O–H groups in total. The molecule has 2 aromatic carbocycles. The highest BCUT2D eigenvalue weighted by Gasteiger charge is 2.12. The molecule has 0 aliphatic rings. The van der Waals surface area contributed by atoms with Crippen LogP contribution in [0.1, 0.15) is 15.9 Å². The molecule has 4 nitrogen and oxygen atoms in total. The van der Waals surface area contributed by atoms with Crippen LogP contribution < -0.4 is 15.2 Å². The number of hydrogen-bond donors (Lipinski definition) is 1. The third kappa shape index (κ3) is 3.55. The average molecular weight is 350 g/mol. The van der Waals surface area contributed by atoms with Gasteiger partial charge in [-0.1, -0.05) is 6.07 Å². The molecule has 2 aromatic rings. The highest BCUT2D eigenvalue weighted by molar-refractivity contribution is 9.10. The summed E-state index contributed by atoms with van der Waals surface area (Å²) in [5.74, 6) is 1.33. The molecule has 21 heavy (non-hydrogen) atoms. The summed E-state index contributed by atoms with van der Waals surface area (Å²) in [4.78, 5) is 12.3. The Morgan fingerprint density at radius 2 is 1.90 bits per heavy atom. The van der Waals surface area contributed by atoms with Gasteiger partial charge in [0.2, 0.25) is 0 Å². The third-order valence-electron chi connectivity index (χ3n) is 3.14. The summed E-state index contributed by atoms with van der Waals surface area (Å²) in [5, 5.41) is 0. The fourth-order valence-electron chi connectivity index (χ4n) is 2.02. The van der Waals surface area contributed by atoms with E-state index in [2.05, 4.69) is 15.9 Å². The van der Waals surface area contributed by atoms with Gasteiger partial charge in [-0.25, -0.2) is 0 Å². The van der Waals surface area contributed by atoms with Crippen LogP contribution >= 0.6 is 15.9 Å². The van der Waals surface area contributed by atoms with E-state index >= 15 is 0 Å². The number of nitrogens with two attached hydrogens (primary N) is 1. The first kappa shape index (κ1) is 15.4. The molecule has 0 fully saturated rings. The van der Waals surface area contributed by atoms with Crippen molar-refractivity contribution in [2.45, 2.75) is 6.42 Å². The number of nitrogen functional groups attached to an aromatic ring is 1. The Bertz CT molecular complexity index is 671. The van der Waals surface area contributed by atoms with Crippen LogP contribution in [-0.4, -0.2) is 20.0 Å². The summed E-state index contributed by atoms with van der Waals surface area (Å²) in [6.45, 7) is 0. The Balaban J connectivity index is 2.20. The fourth-order valence-corrected chi connectivity index (χ4v) is 2.61. The number of Topliss-reactive ketones (excluding diaryl/α,β-unsaturated/α-hetero) is 1. The number of methoxy groups -OCH3 is 2. The van der Waals surface area contributed by atoms with Gasteiger partial charge in [0.1, 0.15) is 11.5 Å². The van der Waals surface area contributed by atoms with Crippen LogP contribution in [0.4, 0.5) is 5.69 Å². The van der Waals surface area contributed by atoms with Gasteiger partial charge in [-0.15, -0.1) is 0 Å². The van der Waals surface area contributed by atoms with Gasteiger partial charge in [0.15, 0.2) is 5.78 Å². The SMILES string of the molecule is COc1ccc(C(=O)Cc2ccc(OC)c(Br)c2)c(N)c1. The molecule has 110 valence electrons. The number of hydrogen-bond acceptors (Lipinski definition) is 4. The van der Waals surface area contributed by atoms with Gasteiger partial charge in [0.25, 0.3) is 0 Å². The maximum atomic E-state index is 12.3. The van der Waals surface area contributed by atoms with Crippen molar-refractivity contribution in [1.82, 2.24) is 0 Å². The minimum atomic E-state index is -0.0350. The molecule has 0 heterocycles. The van der Waals surface area contributed by atoms with E-state index in [0.29, 0.717) is 17.0 Å². The Hall–Kier alpha value is -2.01. The van der Waals surface area contributed by atoms with Gasteiger partial charge in [-0.2, -0.15) is 0 Å². The molecule has 0 aliphatic heterocycles. The first-order valence-corrected chi connectivity index (χ1v) is 7.13. The Labute approximate surface area is 132 Å². The number of ketones is 1. The predicted molar refractivity (Wildman–Crippen MR) is 86.1 cm³/mol. The summed E-state index contributed by atoms with van der Waals surface area (Å²) in [7, 11) is 3.16. The van der Waals surface area contributed by atoms with Gasteiger partial charge < -0.3 is 15.2 Å². The van der Waals surface area contributed by atoms with Crippen molar-refractivity contribution >= 4 is 27.4 Å². The summed E-state index contributed by atoms with van der Waals surface area (Å²) in [6, 6.07) is 10.6. The smallest absolute Gasteiger partial charge is 0.169 e. The number of anilines is 1. The molecular weight excluding hydrogens is 334 g/mol. The van der Waals surface area contributed by atoms with Gasteiger partial charge in [0, 0.05) is 23.7 Å². The molecule has 0 saturated heterocycles. The topological polar surface area (TPSA) is 61.5 Å². The van der Waals surface area contributed by atoms with E-state index in [1.807, 2.05) is 18.2 Å². The fraction of sp³-hybridized carbons (Fsp3) is 0.188. The molecule has 2 rings (SSSR count). The van der Waals surface area contributed by atoms with Crippen LogP contribution in [0.3, 0.4) is 0 Å². The molecule has 5 heteroatoms. The Morgan fingerprint density at radius 3 is 2.48 bits per heavy atom. The van der Waals surface area contributed by atoms with Crippen molar-refractivity contribution in [2.24, 2.45) is 0 Å². The Kier molecular flexibility index (Phi) is 4.85. The van der Waals surface area contributed by atoms with Crippen molar-refractivity contribution in [1.29, 1.82) is 0 Å². The Morgan fingerprint density at radius 1 is 1.14 bits per heavy atom. The normalized spacial score (nSPS) is 10.2. The second kappa shape index (κ2) is 6.63. The van der Waals surface area contributed by atoms with Crippen LogP contribution in [0, 0.1) is 0 Å². The minimum Gasteiger partial charge on any atom is -0.497 e. The zero-order chi connectivity index (χ0) is 15.4. The first-order valence-electron chi connectivity index (χ1n) is 6.34. The standard InChI is InChI=1S/C16H16BrNO3/c1-20-11-4-5-12(14(18)9-11)15(19)8-10-3-6-16(21-2)13(17)7-10/h3-7,9H,8,18H2,1-2H3. The quantitative estimate of drug-likeness (QED) is 0.663. The van der Waals surface area contributed by atoms with E-state index in [0.717, 1.165) is 15.8 Å². The van der Waals surface area contributed by atoms with Gasteiger partial charge in [-0.3, -0.25) is 4.79 Å². The number of carbonyl (C=O) groups is 1. The zero-order valence-electron chi connectivity index (χ0n) is 11.9.